The van der Waals surface area contributed by atoms with Gasteiger partial charge >= 0.3 is 0 Å². The van der Waals surface area contributed by atoms with E-state index in [1.165, 1.54) is 22.3 Å². The Hall–Kier alpha value is -1.63. The van der Waals surface area contributed by atoms with E-state index in [0.29, 0.717) is 10.6 Å². The van der Waals surface area contributed by atoms with Crippen LogP contribution in [0.3, 0.4) is 0 Å². The first-order valence-electron chi connectivity index (χ1n) is 7.28. The minimum atomic E-state index is -3.39. The van der Waals surface area contributed by atoms with E-state index in [4.69, 9.17) is 0 Å². The summed E-state index contributed by atoms with van der Waals surface area (Å²) in [6.45, 7) is 0. The predicted octanol–water partition coefficient (Wildman–Crippen LogP) is 3.07. The Bertz CT molecular complexity index is 911. The van der Waals surface area contributed by atoms with E-state index in [1.54, 1.807) is 17.5 Å². The van der Waals surface area contributed by atoms with Gasteiger partial charge in [-0.2, -0.15) is 0 Å². The molecule has 0 saturated carbocycles. The van der Waals surface area contributed by atoms with Crippen LogP contribution < -0.4 is 4.72 Å². The number of fused-ring (bicyclic) bond motifs is 3. The van der Waals surface area contributed by atoms with Crippen LogP contribution in [0.1, 0.15) is 17.7 Å². The topological polar surface area (TPSA) is 62.0 Å². The third-order valence-electron chi connectivity index (χ3n) is 4.18. The van der Waals surface area contributed by atoms with E-state index < -0.39 is 10.0 Å². The van der Waals surface area contributed by atoms with E-state index in [9.17, 15) is 8.42 Å². The van der Waals surface area contributed by atoms with Gasteiger partial charge in [0, 0.05) is 29.1 Å². The summed E-state index contributed by atoms with van der Waals surface area (Å²) in [5.74, 6) is 0. The van der Waals surface area contributed by atoms with Crippen LogP contribution in [0.4, 0.5) is 0 Å². The molecule has 1 aliphatic rings. The number of rotatable bonds is 3. The molecule has 1 aliphatic carbocycles. The Morgan fingerprint density at radius 1 is 1.18 bits per heavy atom. The first kappa shape index (κ1) is 14.0. The number of sulfonamides is 1. The molecule has 1 aromatic carbocycles. The van der Waals surface area contributed by atoms with Gasteiger partial charge in [-0.25, -0.2) is 13.1 Å². The highest BCUT2D eigenvalue weighted by Crippen LogP contribution is 2.29. The molecule has 2 aromatic heterocycles. The van der Waals surface area contributed by atoms with Crippen molar-refractivity contribution in [2.45, 2.75) is 29.5 Å². The molecule has 0 amide bonds. The Labute approximate surface area is 133 Å². The third-order valence-corrected chi connectivity index (χ3v) is 7.10. The molecule has 0 spiro atoms. The van der Waals surface area contributed by atoms with Gasteiger partial charge in [0.15, 0.2) is 0 Å². The monoisotopic (exact) mass is 332 g/mol. The maximum atomic E-state index is 12.3. The number of hydrogen-bond acceptors (Lipinski definition) is 3. The predicted molar refractivity (Wildman–Crippen MR) is 88.8 cm³/mol. The Morgan fingerprint density at radius 2 is 2.05 bits per heavy atom. The number of para-hydroxylation sites is 1. The molecule has 0 fully saturated rings. The molecule has 6 heteroatoms. The van der Waals surface area contributed by atoms with Crippen molar-refractivity contribution in [1.82, 2.24) is 9.71 Å². The summed E-state index contributed by atoms with van der Waals surface area (Å²) in [5.41, 5.74) is 3.63. The smallest absolute Gasteiger partial charge is 0.250 e. The van der Waals surface area contributed by atoms with Crippen LogP contribution in [0.5, 0.6) is 0 Å². The zero-order chi connectivity index (χ0) is 15.2. The highest BCUT2D eigenvalue weighted by Gasteiger charge is 2.26. The zero-order valence-corrected chi connectivity index (χ0v) is 13.5. The number of aromatic nitrogens is 1. The van der Waals surface area contributed by atoms with Gasteiger partial charge < -0.3 is 4.98 Å². The summed E-state index contributed by atoms with van der Waals surface area (Å²) in [4.78, 5) is 3.43. The van der Waals surface area contributed by atoms with Gasteiger partial charge in [-0.15, -0.1) is 11.3 Å². The second-order valence-electron chi connectivity index (χ2n) is 5.62. The van der Waals surface area contributed by atoms with Gasteiger partial charge in [0.2, 0.25) is 10.0 Å². The number of aryl methyl sites for hydroxylation is 1. The summed E-state index contributed by atoms with van der Waals surface area (Å²) >= 11 is 1.25. The first-order chi connectivity index (χ1) is 10.6. The second kappa shape index (κ2) is 5.22. The molecule has 1 unspecified atom stereocenters. The molecule has 2 heterocycles. The Kier molecular flexibility index (Phi) is 3.32. The van der Waals surface area contributed by atoms with Crippen LogP contribution in [0.15, 0.2) is 46.0 Å². The molecular weight excluding hydrogens is 316 g/mol. The summed E-state index contributed by atoms with van der Waals surface area (Å²) in [5, 5.41) is 3.04. The lowest BCUT2D eigenvalue weighted by Gasteiger charge is -2.23. The van der Waals surface area contributed by atoms with Gasteiger partial charge in [0.05, 0.1) is 0 Å². The number of aromatic amines is 1. The van der Waals surface area contributed by atoms with Crippen molar-refractivity contribution in [2.24, 2.45) is 0 Å². The molecule has 1 atom stereocenters. The standard InChI is InChI=1S/C16H16N2O2S2/c19-22(20,16-6-3-9-21-16)18-11-7-8-13-12-4-1-2-5-14(12)17-15(13)10-11/h1-6,9,11,17-18H,7-8,10H2. The maximum Gasteiger partial charge on any atom is 0.250 e. The summed E-state index contributed by atoms with van der Waals surface area (Å²) < 4.78 is 27.9. The maximum absolute atomic E-state index is 12.3. The van der Waals surface area contributed by atoms with Gasteiger partial charge in [-0.1, -0.05) is 24.3 Å². The third kappa shape index (κ3) is 2.37. The van der Waals surface area contributed by atoms with Crippen LogP contribution in [0.25, 0.3) is 10.9 Å². The molecule has 22 heavy (non-hydrogen) atoms. The van der Waals surface area contributed by atoms with Crippen molar-refractivity contribution in [3.8, 4) is 0 Å². The minimum Gasteiger partial charge on any atom is -0.358 e. The van der Waals surface area contributed by atoms with Crippen molar-refractivity contribution in [3.05, 3.63) is 53.0 Å². The fraction of sp³-hybridized carbons (Fsp3) is 0.250. The van der Waals surface area contributed by atoms with E-state index in [2.05, 4.69) is 21.8 Å². The number of nitrogens with one attached hydrogen (secondary N) is 2. The average Bonchev–Trinajstić information content (AvgIpc) is 3.14. The summed E-state index contributed by atoms with van der Waals surface area (Å²) in [6.07, 6.45) is 2.45. The van der Waals surface area contributed by atoms with Crippen LogP contribution in [0, 0.1) is 0 Å². The normalized spacial score (nSPS) is 18.5. The van der Waals surface area contributed by atoms with Crippen molar-refractivity contribution in [3.63, 3.8) is 0 Å². The van der Waals surface area contributed by atoms with E-state index in [0.717, 1.165) is 24.1 Å². The zero-order valence-electron chi connectivity index (χ0n) is 11.9. The van der Waals surface area contributed by atoms with Gasteiger partial charge in [0.25, 0.3) is 0 Å². The minimum absolute atomic E-state index is 0.0485. The lowest BCUT2D eigenvalue weighted by atomic mass is 9.92. The van der Waals surface area contributed by atoms with Crippen molar-refractivity contribution < 1.29 is 8.42 Å². The highest BCUT2D eigenvalue weighted by molar-refractivity contribution is 7.91. The van der Waals surface area contributed by atoms with Gasteiger partial charge in [-0.05, 0) is 35.9 Å². The van der Waals surface area contributed by atoms with E-state index in [-0.39, 0.29) is 6.04 Å². The number of hydrogen-bond donors (Lipinski definition) is 2. The van der Waals surface area contributed by atoms with Crippen molar-refractivity contribution in [2.75, 3.05) is 0 Å². The van der Waals surface area contributed by atoms with Gasteiger partial charge in [0.1, 0.15) is 4.21 Å². The first-order valence-corrected chi connectivity index (χ1v) is 9.64. The largest absolute Gasteiger partial charge is 0.358 e. The molecule has 0 saturated heterocycles. The molecule has 3 aromatic rings. The molecular formula is C16H16N2O2S2. The van der Waals surface area contributed by atoms with Crippen molar-refractivity contribution in [1.29, 1.82) is 0 Å². The lowest BCUT2D eigenvalue weighted by molar-refractivity contribution is 0.506. The van der Waals surface area contributed by atoms with E-state index in [1.807, 2.05) is 12.1 Å². The molecule has 2 N–H and O–H groups in total. The quantitative estimate of drug-likeness (QED) is 0.774. The Morgan fingerprint density at radius 3 is 2.86 bits per heavy atom. The van der Waals surface area contributed by atoms with Crippen LogP contribution in [-0.4, -0.2) is 19.4 Å². The summed E-state index contributed by atoms with van der Waals surface area (Å²) in [7, 11) is -3.39. The fourth-order valence-electron chi connectivity index (χ4n) is 3.18. The van der Waals surface area contributed by atoms with Crippen LogP contribution in [-0.2, 0) is 22.9 Å². The molecule has 0 aliphatic heterocycles. The fourth-order valence-corrected chi connectivity index (χ4v) is 5.46. The van der Waals surface area contributed by atoms with Crippen LogP contribution in [0.2, 0.25) is 0 Å². The second-order valence-corrected chi connectivity index (χ2v) is 8.51. The molecule has 0 radical (unpaired) electrons. The lowest BCUT2D eigenvalue weighted by Crippen LogP contribution is -2.38. The highest BCUT2D eigenvalue weighted by atomic mass is 32.2. The van der Waals surface area contributed by atoms with Crippen LogP contribution >= 0.6 is 11.3 Å². The van der Waals surface area contributed by atoms with Crippen molar-refractivity contribution >= 4 is 32.3 Å². The number of H-pyrrole nitrogens is 1. The number of thiophene rings is 1. The Balaban J connectivity index is 1.60. The summed E-state index contributed by atoms with van der Waals surface area (Å²) in [6, 6.07) is 11.6. The number of benzene rings is 1. The molecule has 4 nitrogen and oxygen atoms in total. The average molecular weight is 332 g/mol. The SMILES string of the molecule is O=S(=O)(NC1CCc2c([nH]c3ccccc23)C1)c1cccs1. The molecule has 4 rings (SSSR count). The molecule has 0 bridgehead atoms. The van der Waals surface area contributed by atoms with Gasteiger partial charge in [-0.3, -0.25) is 0 Å². The van der Waals surface area contributed by atoms with E-state index >= 15 is 0 Å². The molecule has 114 valence electrons.